The molecular formula is C13H21F3N4O2. The average molecular weight is 322 g/mol. The Balaban J connectivity index is 0.000000534. The molecule has 1 unspecified atom stereocenters. The van der Waals surface area contributed by atoms with Crippen LogP contribution in [0.25, 0.3) is 0 Å². The van der Waals surface area contributed by atoms with Crippen molar-refractivity contribution in [1.82, 2.24) is 15.1 Å². The van der Waals surface area contributed by atoms with Gasteiger partial charge in [0, 0.05) is 13.1 Å². The van der Waals surface area contributed by atoms with Gasteiger partial charge < -0.3 is 15.7 Å². The summed E-state index contributed by atoms with van der Waals surface area (Å²) in [6.07, 6.45) is -3.88. The third kappa shape index (κ3) is 9.11. The van der Waals surface area contributed by atoms with Crippen LogP contribution in [0.4, 0.5) is 19.0 Å². The molecule has 0 aromatic carbocycles. The third-order valence-corrected chi connectivity index (χ3v) is 2.74. The maximum absolute atomic E-state index is 10.6. The number of hydrogen-bond acceptors (Lipinski definition) is 5. The first-order valence-corrected chi connectivity index (χ1v) is 6.63. The van der Waals surface area contributed by atoms with Gasteiger partial charge in [-0.2, -0.15) is 18.3 Å². The molecule has 0 saturated carbocycles. The highest BCUT2D eigenvalue weighted by Gasteiger charge is 2.38. The topological polar surface area (TPSA) is 92.3 Å². The zero-order valence-corrected chi connectivity index (χ0v) is 12.8. The maximum Gasteiger partial charge on any atom is 0.490 e. The minimum Gasteiger partial charge on any atom is -0.475 e. The highest BCUT2D eigenvalue weighted by atomic mass is 19.4. The van der Waals surface area contributed by atoms with Crippen LogP contribution in [-0.2, 0) is 11.3 Å². The number of alkyl halides is 3. The van der Waals surface area contributed by atoms with Gasteiger partial charge in [0.05, 0.1) is 5.69 Å². The molecular weight excluding hydrogens is 301 g/mol. The summed E-state index contributed by atoms with van der Waals surface area (Å²) >= 11 is 0. The number of carboxylic acids is 1. The lowest BCUT2D eigenvalue weighted by Crippen LogP contribution is -2.24. The van der Waals surface area contributed by atoms with Gasteiger partial charge in [-0.15, -0.1) is 5.10 Å². The predicted molar refractivity (Wildman–Crippen MR) is 75.9 cm³/mol. The first-order chi connectivity index (χ1) is 10.1. The van der Waals surface area contributed by atoms with Gasteiger partial charge >= 0.3 is 12.1 Å². The van der Waals surface area contributed by atoms with Gasteiger partial charge in [-0.25, -0.2) is 4.79 Å². The van der Waals surface area contributed by atoms with Crippen LogP contribution < -0.4 is 5.73 Å². The van der Waals surface area contributed by atoms with Gasteiger partial charge in [-0.3, -0.25) is 0 Å². The van der Waals surface area contributed by atoms with Gasteiger partial charge in [-0.1, -0.05) is 20.3 Å². The molecule has 0 radical (unpaired) electrons. The average Bonchev–Trinajstić information content (AvgIpc) is 2.40. The Morgan fingerprint density at radius 3 is 2.32 bits per heavy atom. The molecule has 1 atom stereocenters. The molecule has 9 heteroatoms. The van der Waals surface area contributed by atoms with E-state index in [4.69, 9.17) is 15.6 Å². The van der Waals surface area contributed by atoms with Crippen LogP contribution in [0.3, 0.4) is 0 Å². The van der Waals surface area contributed by atoms with Crippen LogP contribution in [0, 0.1) is 5.92 Å². The summed E-state index contributed by atoms with van der Waals surface area (Å²) in [7, 11) is 2.10. The first-order valence-electron chi connectivity index (χ1n) is 6.63. The van der Waals surface area contributed by atoms with Gasteiger partial charge in [0.2, 0.25) is 0 Å². The molecule has 0 fully saturated rings. The first kappa shape index (κ1) is 20.1. The van der Waals surface area contributed by atoms with E-state index in [-0.39, 0.29) is 0 Å². The van der Waals surface area contributed by atoms with Crippen molar-refractivity contribution in [2.75, 3.05) is 19.3 Å². The quantitative estimate of drug-likeness (QED) is 0.863. The molecule has 1 rings (SSSR count). The molecule has 6 nitrogen and oxygen atoms in total. The largest absolute Gasteiger partial charge is 0.490 e. The van der Waals surface area contributed by atoms with E-state index in [1.807, 2.05) is 6.07 Å². The van der Waals surface area contributed by atoms with Crippen molar-refractivity contribution in [1.29, 1.82) is 0 Å². The second-order valence-corrected chi connectivity index (χ2v) is 4.96. The molecule has 0 saturated heterocycles. The highest BCUT2D eigenvalue weighted by molar-refractivity contribution is 5.73. The molecule has 0 aliphatic rings. The Morgan fingerprint density at radius 2 is 1.95 bits per heavy atom. The number of nitrogens with two attached hydrogens (primary N) is 1. The fourth-order valence-corrected chi connectivity index (χ4v) is 1.46. The van der Waals surface area contributed by atoms with Gasteiger partial charge in [-0.05, 0) is 25.1 Å². The molecule has 1 heterocycles. The van der Waals surface area contributed by atoms with Crippen molar-refractivity contribution in [3.63, 3.8) is 0 Å². The monoisotopic (exact) mass is 322 g/mol. The molecule has 0 aliphatic carbocycles. The number of nitrogen functional groups attached to an aromatic ring is 1. The van der Waals surface area contributed by atoms with Gasteiger partial charge in [0.15, 0.2) is 0 Å². The third-order valence-electron chi connectivity index (χ3n) is 2.74. The number of aromatic nitrogens is 2. The van der Waals surface area contributed by atoms with E-state index >= 15 is 0 Å². The second-order valence-electron chi connectivity index (χ2n) is 4.96. The number of anilines is 1. The van der Waals surface area contributed by atoms with E-state index in [9.17, 15) is 13.2 Å². The smallest absolute Gasteiger partial charge is 0.475 e. The maximum atomic E-state index is 10.6. The van der Waals surface area contributed by atoms with Crippen molar-refractivity contribution < 1.29 is 23.1 Å². The molecule has 3 N–H and O–H groups in total. The molecule has 0 bridgehead atoms. The second kappa shape index (κ2) is 9.19. The van der Waals surface area contributed by atoms with Crippen LogP contribution in [0.2, 0.25) is 0 Å². The summed E-state index contributed by atoms with van der Waals surface area (Å²) in [5, 5.41) is 15.0. The Bertz CT molecular complexity index is 452. The number of halogens is 3. The van der Waals surface area contributed by atoms with E-state index < -0.39 is 12.1 Å². The SMILES string of the molecule is CCC(C)CN(C)Cc1ccc(N)nn1.O=C(O)C(F)(F)F. The van der Waals surface area contributed by atoms with Crippen LogP contribution >= 0.6 is 0 Å². The summed E-state index contributed by atoms with van der Waals surface area (Å²) in [5.74, 6) is -1.56. The summed E-state index contributed by atoms with van der Waals surface area (Å²) in [4.78, 5) is 11.2. The number of hydrogen-bond donors (Lipinski definition) is 2. The number of rotatable bonds is 5. The Hall–Kier alpha value is -1.90. The highest BCUT2D eigenvalue weighted by Crippen LogP contribution is 2.13. The number of aliphatic carboxylic acids is 1. The van der Waals surface area contributed by atoms with Gasteiger partial charge in [0.1, 0.15) is 5.82 Å². The molecule has 0 spiro atoms. The molecule has 0 aliphatic heterocycles. The van der Waals surface area contributed by atoms with Crippen molar-refractivity contribution >= 4 is 11.8 Å². The summed E-state index contributed by atoms with van der Waals surface area (Å²) in [6.45, 7) is 6.38. The van der Waals surface area contributed by atoms with Crippen LogP contribution in [0.15, 0.2) is 12.1 Å². The van der Waals surface area contributed by atoms with Crippen molar-refractivity contribution in [2.45, 2.75) is 33.0 Å². The van der Waals surface area contributed by atoms with E-state index in [2.05, 4.69) is 36.0 Å². The molecule has 22 heavy (non-hydrogen) atoms. The predicted octanol–water partition coefficient (Wildman–Crippen LogP) is 2.17. The van der Waals surface area contributed by atoms with Crippen LogP contribution in [0.5, 0.6) is 0 Å². The zero-order chi connectivity index (χ0) is 17.3. The van der Waals surface area contributed by atoms with E-state index in [1.165, 1.54) is 6.42 Å². The fraction of sp³-hybridized carbons (Fsp3) is 0.615. The number of carbonyl (C=O) groups is 1. The Morgan fingerprint density at radius 1 is 1.41 bits per heavy atom. The summed E-state index contributed by atoms with van der Waals surface area (Å²) < 4.78 is 31.7. The minimum absolute atomic E-state index is 0.475. The lowest BCUT2D eigenvalue weighted by molar-refractivity contribution is -0.192. The molecule has 1 aromatic heterocycles. The number of carboxylic acid groups (broad SMARTS) is 1. The van der Waals surface area contributed by atoms with Gasteiger partial charge in [0.25, 0.3) is 0 Å². The molecule has 0 amide bonds. The van der Waals surface area contributed by atoms with Crippen molar-refractivity contribution in [3.05, 3.63) is 17.8 Å². The van der Waals surface area contributed by atoms with E-state index in [0.29, 0.717) is 5.82 Å². The molecule has 126 valence electrons. The Labute approximate surface area is 127 Å². The lowest BCUT2D eigenvalue weighted by atomic mass is 10.1. The Kier molecular flexibility index (Phi) is 8.39. The van der Waals surface area contributed by atoms with E-state index in [0.717, 1.165) is 24.7 Å². The fourth-order valence-electron chi connectivity index (χ4n) is 1.46. The summed E-state index contributed by atoms with van der Waals surface area (Å²) in [6, 6.07) is 3.72. The van der Waals surface area contributed by atoms with Crippen molar-refractivity contribution in [2.24, 2.45) is 5.92 Å². The van der Waals surface area contributed by atoms with Crippen LogP contribution in [-0.4, -0.2) is 45.9 Å². The molecule has 1 aromatic rings. The standard InChI is InChI=1S/C11H20N4.C2HF3O2/c1-4-9(2)7-15(3)8-10-5-6-11(12)14-13-10;3-2(4,5)1(6)7/h5-6,9H,4,7-8H2,1-3H3,(H2,12,14);(H,6,7). The number of nitrogens with zero attached hydrogens (tertiary/aromatic N) is 3. The van der Waals surface area contributed by atoms with E-state index in [1.54, 1.807) is 6.07 Å². The minimum atomic E-state index is -5.08. The summed E-state index contributed by atoms with van der Waals surface area (Å²) in [5.41, 5.74) is 6.44. The zero-order valence-electron chi connectivity index (χ0n) is 12.8. The van der Waals surface area contributed by atoms with Crippen LogP contribution in [0.1, 0.15) is 26.0 Å². The van der Waals surface area contributed by atoms with Crippen molar-refractivity contribution in [3.8, 4) is 0 Å². The lowest BCUT2D eigenvalue weighted by Gasteiger charge is -2.19. The normalized spacial score (nSPS) is 12.5.